The van der Waals surface area contributed by atoms with Crippen molar-refractivity contribution in [1.82, 2.24) is 5.32 Å². The Bertz CT molecular complexity index is 275. The Kier molecular flexibility index (Phi) is 3.17. The monoisotopic (exact) mass is 234 g/mol. The Morgan fingerprint density at radius 2 is 2.20 bits per heavy atom. The van der Waals surface area contributed by atoms with Gasteiger partial charge in [0.05, 0.1) is 12.6 Å². The van der Waals surface area contributed by atoms with Gasteiger partial charge in [-0.1, -0.05) is 11.8 Å². The van der Waals surface area contributed by atoms with Crippen LogP contribution in [-0.2, 0) is 4.74 Å². The molecule has 2 fully saturated rings. The Labute approximate surface area is 91.3 Å². The van der Waals surface area contributed by atoms with Crippen molar-refractivity contribution in [3.63, 3.8) is 0 Å². The summed E-state index contributed by atoms with van der Waals surface area (Å²) in [7, 11) is 1.64. The van der Waals surface area contributed by atoms with Gasteiger partial charge >= 0.3 is 0 Å². The third-order valence-corrected chi connectivity index (χ3v) is 3.76. The molecule has 0 radical (unpaired) electrons. The van der Waals surface area contributed by atoms with E-state index in [4.69, 9.17) is 9.84 Å². The van der Waals surface area contributed by atoms with Crippen LogP contribution in [0.25, 0.3) is 0 Å². The van der Waals surface area contributed by atoms with E-state index in [-0.39, 0.29) is 18.1 Å². The summed E-state index contributed by atoms with van der Waals surface area (Å²) in [6.45, 7) is -0.305. The number of hydrogen-bond donors (Lipinski definition) is 4. The molecule has 15 heavy (non-hydrogen) atoms. The molecule has 2 rings (SSSR count). The topological polar surface area (TPSA) is 94.3 Å². The molecular weight excluding hydrogens is 220 g/mol. The SMILES string of the molecule is CN=C1N[C@@H]2[C@H](O)[C@H](O)[C@@H](CO)O[C@@H]2S1. The first kappa shape index (κ1) is 11.2. The largest absolute Gasteiger partial charge is 0.394 e. The zero-order valence-corrected chi connectivity index (χ0v) is 9.02. The third-order valence-electron chi connectivity index (χ3n) is 2.60. The molecule has 0 aliphatic carbocycles. The molecule has 7 heteroatoms. The van der Waals surface area contributed by atoms with Crippen molar-refractivity contribution in [2.45, 2.75) is 29.8 Å². The molecule has 0 aromatic rings. The molecule has 0 aromatic carbocycles. The summed E-state index contributed by atoms with van der Waals surface area (Å²) in [4.78, 5) is 3.96. The summed E-state index contributed by atoms with van der Waals surface area (Å²) in [5.41, 5.74) is -0.306. The smallest absolute Gasteiger partial charge is 0.159 e. The number of nitrogens with zero attached hydrogens (tertiary/aromatic N) is 1. The van der Waals surface area contributed by atoms with Crippen molar-refractivity contribution >= 4 is 16.9 Å². The van der Waals surface area contributed by atoms with Crippen LogP contribution in [0.3, 0.4) is 0 Å². The third kappa shape index (κ3) is 1.85. The van der Waals surface area contributed by atoms with Gasteiger partial charge < -0.3 is 25.4 Å². The highest BCUT2D eigenvalue weighted by molar-refractivity contribution is 8.14. The minimum atomic E-state index is -1.07. The summed E-state index contributed by atoms with van der Waals surface area (Å²) in [5.74, 6) is 0. The molecule has 5 atom stereocenters. The van der Waals surface area contributed by atoms with Crippen LogP contribution < -0.4 is 5.32 Å². The number of thioether (sulfide) groups is 1. The lowest BCUT2D eigenvalue weighted by Gasteiger charge is -2.38. The van der Waals surface area contributed by atoms with Gasteiger partial charge in [0.25, 0.3) is 0 Å². The molecule has 2 aliphatic heterocycles. The molecule has 86 valence electrons. The minimum Gasteiger partial charge on any atom is -0.394 e. The molecule has 4 N–H and O–H groups in total. The number of nitrogens with one attached hydrogen (secondary N) is 1. The molecule has 2 aliphatic rings. The maximum atomic E-state index is 9.79. The van der Waals surface area contributed by atoms with Crippen molar-refractivity contribution in [3.05, 3.63) is 0 Å². The van der Waals surface area contributed by atoms with Crippen LogP contribution in [0.5, 0.6) is 0 Å². The first-order valence-corrected chi connectivity index (χ1v) is 5.57. The number of ether oxygens (including phenoxy) is 1. The van der Waals surface area contributed by atoms with E-state index >= 15 is 0 Å². The lowest BCUT2D eigenvalue weighted by atomic mass is 9.98. The van der Waals surface area contributed by atoms with Crippen molar-refractivity contribution < 1.29 is 20.1 Å². The number of amidine groups is 1. The van der Waals surface area contributed by atoms with Gasteiger partial charge in [-0.05, 0) is 0 Å². The lowest BCUT2D eigenvalue weighted by Crippen LogP contribution is -2.59. The van der Waals surface area contributed by atoms with Crippen molar-refractivity contribution in [2.75, 3.05) is 13.7 Å². The average molecular weight is 234 g/mol. The van der Waals surface area contributed by atoms with E-state index in [0.29, 0.717) is 5.17 Å². The van der Waals surface area contributed by atoms with Gasteiger partial charge in [-0.3, -0.25) is 4.99 Å². The Morgan fingerprint density at radius 3 is 2.80 bits per heavy atom. The van der Waals surface area contributed by atoms with Crippen LogP contribution >= 0.6 is 11.8 Å². The second-order valence-electron chi connectivity index (χ2n) is 3.52. The molecule has 0 aromatic heterocycles. The predicted molar refractivity (Wildman–Crippen MR) is 55.6 cm³/mol. The van der Waals surface area contributed by atoms with E-state index in [1.807, 2.05) is 0 Å². The van der Waals surface area contributed by atoms with Crippen molar-refractivity contribution in [2.24, 2.45) is 4.99 Å². The first-order chi connectivity index (χ1) is 7.17. The van der Waals surface area contributed by atoms with E-state index in [1.54, 1.807) is 7.05 Å². The standard InChI is InChI=1S/C8H14N2O4S/c1-9-8-10-4-6(13)5(12)3(2-11)14-7(4)15-8/h3-7,11-13H,2H2,1H3,(H,9,10)/t3-,4-,5-,6+,7-/m1/s1. The van der Waals surface area contributed by atoms with E-state index in [2.05, 4.69) is 10.3 Å². The number of aliphatic hydroxyl groups is 3. The number of rotatable bonds is 1. The minimum absolute atomic E-state index is 0.305. The maximum absolute atomic E-state index is 9.79. The van der Waals surface area contributed by atoms with E-state index in [9.17, 15) is 10.2 Å². The quantitative estimate of drug-likeness (QED) is 0.424. The molecule has 2 saturated heterocycles. The zero-order chi connectivity index (χ0) is 11.0. The van der Waals surface area contributed by atoms with E-state index < -0.39 is 18.3 Å². The molecule has 0 bridgehead atoms. The van der Waals surface area contributed by atoms with Crippen LogP contribution in [0.15, 0.2) is 4.99 Å². The number of aliphatic imine (C=N–C) groups is 1. The fourth-order valence-electron chi connectivity index (χ4n) is 1.74. The average Bonchev–Trinajstić information content (AvgIpc) is 2.66. The van der Waals surface area contributed by atoms with Gasteiger partial charge in [-0.25, -0.2) is 0 Å². The molecule has 0 unspecified atom stereocenters. The summed E-state index contributed by atoms with van der Waals surface area (Å²) < 4.78 is 5.43. The molecule has 0 saturated carbocycles. The Balaban J connectivity index is 2.13. The maximum Gasteiger partial charge on any atom is 0.159 e. The highest BCUT2D eigenvalue weighted by Crippen LogP contribution is 2.33. The lowest BCUT2D eigenvalue weighted by molar-refractivity contribution is -0.167. The Morgan fingerprint density at radius 1 is 1.47 bits per heavy atom. The normalized spacial score (nSPS) is 47.7. The number of aliphatic hydroxyl groups excluding tert-OH is 3. The Hall–Kier alpha value is -0.340. The van der Waals surface area contributed by atoms with Gasteiger partial charge in [-0.2, -0.15) is 0 Å². The van der Waals surface area contributed by atoms with Crippen molar-refractivity contribution in [1.29, 1.82) is 0 Å². The summed E-state index contributed by atoms with van der Waals surface area (Å²) in [6, 6.07) is -0.369. The second-order valence-corrected chi connectivity index (χ2v) is 4.61. The highest BCUT2D eigenvalue weighted by Gasteiger charge is 2.48. The van der Waals surface area contributed by atoms with Crippen LogP contribution in [0.2, 0.25) is 0 Å². The summed E-state index contributed by atoms with van der Waals surface area (Å²) in [5, 5.41) is 32.0. The molecule has 0 spiro atoms. The van der Waals surface area contributed by atoms with Crippen LogP contribution in [0, 0.1) is 0 Å². The van der Waals surface area contributed by atoms with Gasteiger partial charge in [0.1, 0.15) is 23.7 Å². The summed E-state index contributed by atoms with van der Waals surface area (Å²) >= 11 is 1.35. The van der Waals surface area contributed by atoms with Crippen LogP contribution in [-0.4, -0.2) is 63.9 Å². The summed E-state index contributed by atoms with van der Waals surface area (Å²) in [6.07, 6.45) is -2.75. The van der Waals surface area contributed by atoms with Crippen LogP contribution in [0.1, 0.15) is 0 Å². The molecular formula is C8H14N2O4S. The fourth-order valence-corrected chi connectivity index (χ4v) is 2.84. The number of hydrogen-bond acceptors (Lipinski definition) is 6. The van der Waals surface area contributed by atoms with Gasteiger partial charge in [0, 0.05) is 7.05 Å². The first-order valence-electron chi connectivity index (χ1n) is 4.69. The second kappa shape index (κ2) is 4.26. The van der Waals surface area contributed by atoms with Gasteiger partial charge in [0.2, 0.25) is 0 Å². The molecule has 2 heterocycles. The van der Waals surface area contributed by atoms with Crippen LogP contribution in [0.4, 0.5) is 0 Å². The number of fused-ring (bicyclic) bond motifs is 1. The van der Waals surface area contributed by atoms with Crippen molar-refractivity contribution in [3.8, 4) is 0 Å². The highest BCUT2D eigenvalue weighted by atomic mass is 32.2. The molecule has 6 nitrogen and oxygen atoms in total. The predicted octanol–water partition coefficient (Wildman–Crippen LogP) is -1.88. The van der Waals surface area contributed by atoms with E-state index in [0.717, 1.165) is 0 Å². The van der Waals surface area contributed by atoms with Gasteiger partial charge in [-0.15, -0.1) is 0 Å². The van der Waals surface area contributed by atoms with E-state index in [1.165, 1.54) is 11.8 Å². The molecule has 0 amide bonds. The zero-order valence-electron chi connectivity index (χ0n) is 8.20. The van der Waals surface area contributed by atoms with Gasteiger partial charge in [0.15, 0.2) is 5.17 Å². The fraction of sp³-hybridized carbons (Fsp3) is 0.875.